The molecule has 2 heterocycles. The van der Waals surface area contributed by atoms with Crippen LogP contribution in [0.2, 0.25) is 0 Å². The zero-order valence-electron chi connectivity index (χ0n) is 9.82. The van der Waals surface area contributed by atoms with Gasteiger partial charge in [-0.05, 0) is 13.8 Å². The van der Waals surface area contributed by atoms with Crippen LogP contribution in [0.15, 0.2) is 6.20 Å². The van der Waals surface area contributed by atoms with E-state index in [2.05, 4.69) is 40.7 Å². The first-order valence-corrected chi connectivity index (χ1v) is 5.60. The van der Waals surface area contributed by atoms with Crippen LogP contribution in [0, 0.1) is 6.92 Å². The van der Waals surface area contributed by atoms with Crippen LogP contribution in [0.5, 0.6) is 0 Å². The zero-order chi connectivity index (χ0) is 10.8. The van der Waals surface area contributed by atoms with E-state index in [9.17, 15) is 0 Å². The minimum atomic E-state index is 0.607. The summed E-state index contributed by atoms with van der Waals surface area (Å²) in [5, 5.41) is 3.40. The van der Waals surface area contributed by atoms with Gasteiger partial charge < -0.3 is 9.88 Å². The molecule has 1 N–H and O–H groups in total. The lowest BCUT2D eigenvalue weighted by atomic mass is 10.2. The number of nitrogens with one attached hydrogen (secondary N) is 1. The molecule has 4 heteroatoms. The van der Waals surface area contributed by atoms with Crippen molar-refractivity contribution in [2.75, 3.05) is 19.6 Å². The van der Waals surface area contributed by atoms with E-state index < -0.39 is 0 Å². The Labute approximate surface area is 91.3 Å². The topological polar surface area (TPSA) is 33.1 Å². The molecule has 15 heavy (non-hydrogen) atoms. The van der Waals surface area contributed by atoms with Crippen molar-refractivity contribution >= 4 is 0 Å². The molecule has 1 aliphatic heterocycles. The standard InChI is InChI=1S/C11H20N4/c1-9-7-13-11(14(9)3)8-15-5-4-12-6-10(15)2/h7,10,12H,4-6,8H2,1-3H3/t10-/m0/s1. The summed E-state index contributed by atoms with van der Waals surface area (Å²) in [6, 6.07) is 0.607. The van der Waals surface area contributed by atoms with Crippen LogP contribution in [-0.4, -0.2) is 40.1 Å². The maximum atomic E-state index is 4.44. The molecule has 1 aromatic rings. The largest absolute Gasteiger partial charge is 0.334 e. The summed E-state index contributed by atoms with van der Waals surface area (Å²) in [6.45, 7) is 8.62. The fourth-order valence-corrected chi connectivity index (χ4v) is 1.99. The SMILES string of the molecule is Cc1cnc(CN2CCNC[C@@H]2C)n1C. The first-order chi connectivity index (χ1) is 7.18. The van der Waals surface area contributed by atoms with Crippen LogP contribution in [0.3, 0.4) is 0 Å². The maximum absolute atomic E-state index is 4.44. The van der Waals surface area contributed by atoms with E-state index in [-0.39, 0.29) is 0 Å². The van der Waals surface area contributed by atoms with Crippen LogP contribution in [0.1, 0.15) is 18.4 Å². The average Bonchev–Trinajstić information content (AvgIpc) is 2.53. The predicted octanol–water partition coefficient (Wildman–Crippen LogP) is 0.522. The minimum Gasteiger partial charge on any atom is -0.334 e. The Kier molecular flexibility index (Phi) is 3.07. The Morgan fingerprint density at radius 1 is 1.60 bits per heavy atom. The predicted molar refractivity (Wildman–Crippen MR) is 60.7 cm³/mol. The molecule has 0 amide bonds. The Morgan fingerprint density at radius 2 is 2.40 bits per heavy atom. The van der Waals surface area contributed by atoms with Crippen molar-refractivity contribution < 1.29 is 0 Å². The monoisotopic (exact) mass is 208 g/mol. The Hall–Kier alpha value is -0.870. The van der Waals surface area contributed by atoms with Gasteiger partial charge in [0, 0.05) is 44.6 Å². The van der Waals surface area contributed by atoms with Gasteiger partial charge in [0.15, 0.2) is 0 Å². The Morgan fingerprint density at radius 3 is 3.00 bits per heavy atom. The summed E-state index contributed by atoms with van der Waals surface area (Å²) in [5.74, 6) is 1.17. The summed E-state index contributed by atoms with van der Waals surface area (Å²) < 4.78 is 2.18. The maximum Gasteiger partial charge on any atom is 0.122 e. The van der Waals surface area contributed by atoms with E-state index in [4.69, 9.17) is 0 Å². The molecule has 1 atom stereocenters. The lowest BCUT2D eigenvalue weighted by Gasteiger charge is -2.33. The van der Waals surface area contributed by atoms with Crippen molar-refractivity contribution in [3.05, 3.63) is 17.7 Å². The van der Waals surface area contributed by atoms with Crippen LogP contribution >= 0.6 is 0 Å². The van der Waals surface area contributed by atoms with Gasteiger partial charge in [-0.1, -0.05) is 0 Å². The van der Waals surface area contributed by atoms with Crippen LogP contribution < -0.4 is 5.32 Å². The molecular formula is C11H20N4. The third-order valence-corrected chi connectivity index (χ3v) is 3.30. The highest BCUT2D eigenvalue weighted by atomic mass is 15.2. The van der Waals surface area contributed by atoms with Gasteiger partial charge in [-0.2, -0.15) is 0 Å². The fraction of sp³-hybridized carbons (Fsp3) is 0.727. The molecule has 0 aromatic carbocycles. The van der Waals surface area contributed by atoms with Crippen LogP contribution in [-0.2, 0) is 13.6 Å². The lowest BCUT2D eigenvalue weighted by Crippen LogP contribution is -2.49. The van der Waals surface area contributed by atoms with E-state index in [0.717, 1.165) is 26.2 Å². The number of piperazine rings is 1. The molecule has 0 aliphatic carbocycles. The molecule has 84 valence electrons. The average molecular weight is 208 g/mol. The van der Waals surface area contributed by atoms with Crippen molar-refractivity contribution in [2.24, 2.45) is 7.05 Å². The number of hydrogen-bond acceptors (Lipinski definition) is 3. The molecule has 0 unspecified atom stereocenters. The van der Waals surface area contributed by atoms with Crippen molar-refractivity contribution in [3.63, 3.8) is 0 Å². The third kappa shape index (κ3) is 2.21. The number of aryl methyl sites for hydroxylation is 1. The molecule has 1 aromatic heterocycles. The summed E-state index contributed by atoms with van der Waals surface area (Å²) in [4.78, 5) is 6.93. The highest BCUT2D eigenvalue weighted by molar-refractivity contribution is 5.02. The van der Waals surface area contributed by atoms with Gasteiger partial charge in [-0.3, -0.25) is 4.90 Å². The minimum absolute atomic E-state index is 0.607. The van der Waals surface area contributed by atoms with Gasteiger partial charge >= 0.3 is 0 Å². The van der Waals surface area contributed by atoms with E-state index in [1.54, 1.807) is 0 Å². The smallest absolute Gasteiger partial charge is 0.122 e. The highest BCUT2D eigenvalue weighted by Gasteiger charge is 2.19. The Bertz CT molecular complexity index is 331. The normalized spacial score (nSPS) is 23.3. The number of aromatic nitrogens is 2. The molecular weight excluding hydrogens is 188 g/mol. The van der Waals surface area contributed by atoms with Crippen molar-refractivity contribution in [3.8, 4) is 0 Å². The quantitative estimate of drug-likeness (QED) is 0.769. The number of imidazole rings is 1. The first-order valence-electron chi connectivity index (χ1n) is 5.60. The van der Waals surface area contributed by atoms with Crippen molar-refractivity contribution in [2.45, 2.75) is 26.4 Å². The summed E-state index contributed by atoms with van der Waals surface area (Å²) in [5.41, 5.74) is 1.23. The molecule has 4 nitrogen and oxygen atoms in total. The molecule has 1 fully saturated rings. The van der Waals surface area contributed by atoms with Gasteiger partial charge in [0.1, 0.15) is 5.82 Å². The van der Waals surface area contributed by atoms with Gasteiger partial charge in [0.2, 0.25) is 0 Å². The summed E-state index contributed by atoms with van der Waals surface area (Å²) in [7, 11) is 2.09. The van der Waals surface area contributed by atoms with Crippen LogP contribution in [0.4, 0.5) is 0 Å². The molecule has 0 bridgehead atoms. The van der Waals surface area contributed by atoms with Gasteiger partial charge in [-0.15, -0.1) is 0 Å². The number of hydrogen-bond donors (Lipinski definition) is 1. The van der Waals surface area contributed by atoms with Gasteiger partial charge in [-0.25, -0.2) is 4.98 Å². The van der Waals surface area contributed by atoms with Crippen molar-refractivity contribution in [1.29, 1.82) is 0 Å². The second-order valence-electron chi connectivity index (χ2n) is 4.40. The zero-order valence-corrected chi connectivity index (χ0v) is 9.82. The molecule has 1 saturated heterocycles. The summed E-state index contributed by atoms with van der Waals surface area (Å²) in [6.07, 6.45) is 1.95. The van der Waals surface area contributed by atoms with E-state index in [1.165, 1.54) is 11.5 Å². The molecule has 0 spiro atoms. The van der Waals surface area contributed by atoms with Gasteiger partial charge in [0.05, 0.1) is 6.54 Å². The van der Waals surface area contributed by atoms with Crippen molar-refractivity contribution in [1.82, 2.24) is 19.8 Å². The highest BCUT2D eigenvalue weighted by Crippen LogP contribution is 2.09. The van der Waals surface area contributed by atoms with E-state index in [0.29, 0.717) is 6.04 Å². The molecule has 1 aliphatic rings. The number of rotatable bonds is 2. The summed E-state index contributed by atoms with van der Waals surface area (Å²) >= 11 is 0. The van der Waals surface area contributed by atoms with E-state index >= 15 is 0 Å². The molecule has 2 rings (SSSR count). The van der Waals surface area contributed by atoms with Gasteiger partial charge in [0.25, 0.3) is 0 Å². The lowest BCUT2D eigenvalue weighted by molar-refractivity contribution is 0.160. The first kappa shape index (κ1) is 10.6. The Balaban J connectivity index is 2.04. The fourth-order valence-electron chi connectivity index (χ4n) is 1.99. The third-order valence-electron chi connectivity index (χ3n) is 3.30. The second kappa shape index (κ2) is 4.33. The van der Waals surface area contributed by atoms with Crippen LogP contribution in [0.25, 0.3) is 0 Å². The molecule has 0 radical (unpaired) electrons. The second-order valence-corrected chi connectivity index (χ2v) is 4.40. The van der Waals surface area contributed by atoms with E-state index in [1.807, 2.05) is 6.20 Å². The number of nitrogens with zero attached hydrogens (tertiary/aromatic N) is 3. The molecule has 0 saturated carbocycles.